The molecule has 2 fully saturated rings. The molecule has 15 heteroatoms. The monoisotopic (exact) mass is 508 g/mol. The molecule has 0 radical (unpaired) electrons. The summed E-state index contributed by atoms with van der Waals surface area (Å²) in [5.74, 6) is -3.04. The van der Waals surface area contributed by atoms with E-state index >= 15 is 0 Å². The number of fused-ring (bicyclic) bond motifs is 3. The maximum atomic E-state index is 12.3. The second-order valence-electron chi connectivity index (χ2n) is 9.24. The van der Waals surface area contributed by atoms with Gasteiger partial charge >= 0.3 is 65.9 Å². The van der Waals surface area contributed by atoms with Crippen LogP contribution in [-0.2, 0) is 9.59 Å². The van der Waals surface area contributed by atoms with Crippen LogP contribution in [0.2, 0.25) is 5.82 Å². The number of hydrogen-bond acceptors (Lipinski definition) is 10. The zero-order valence-corrected chi connectivity index (χ0v) is 24.4. The molecule has 1 aromatic rings. The Labute approximate surface area is 246 Å². The van der Waals surface area contributed by atoms with Crippen molar-refractivity contribution in [1.29, 1.82) is 0 Å². The van der Waals surface area contributed by atoms with Gasteiger partial charge in [0.2, 0.25) is 11.8 Å². The third kappa shape index (κ3) is 6.35. The van der Waals surface area contributed by atoms with Gasteiger partial charge in [-0.1, -0.05) is 18.3 Å². The molecule has 0 spiro atoms. The molecule has 0 bridgehead atoms. The Morgan fingerprint density at radius 1 is 1.31 bits per heavy atom. The number of hydrogen-bond donors (Lipinski definition) is 5. The van der Waals surface area contributed by atoms with E-state index in [2.05, 4.69) is 10.6 Å². The summed E-state index contributed by atoms with van der Waals surface area (Å²) >= 11 is 0. The van der Waals surface area contributed by atoms with Gasteiger partial charge < -0.3 is 45.7 Å². The number of benzene rings is 1. The minimum absolute atomic E-state index is 0. The Bertz CT molecular complexity index is 1010. The average molecular weight is 508 g/mol. The maximum Gasteiger partial charge on any atom is 1.00 e. The second kappa shape index (κ2) is 11.3. The van der Waals surface area contributed by atoms with Crippen molar-refractivity contribution in [3.05, 3.63) is 23.3 Å². The predicted octanol–water partition coefficient (Wildman–Crippen LogP) is -9.13. The fourth-order valence-corrected chi connectivity index (χ4v) is 4.50. The molecule has 3 aliphatic rings. The van der Waals surface area contributed by atoms with Crippen molar-refractivity contribution < 1.29 is 98.0 Å². The van der Waals surface area contributed by atoms with Crippen LogP contribution < -0.4 is 90.0 Å². The number of aromatic carboxylic acids is 1. The zero-order chi connectivity index (χ0) is 24.1. The fraction of sp³-hybridized carbons (Fsp3) is 0.550. The number of carbonyl (C=O) groups is 3. The van der Waals surface area contributed by atoms with Crippen LogP contribution >= 0.6 is 0 Å². The molecule has 6 N–H and O–H groups in total. The van der Waals surface area contributed by atoms with Gasteiger partial charge in [-0.05, 0) is 24.5 Å². The first kappa shape index (κ1) is 30.4. The molecular formula is C20H27BN4Na2O8. The van der Waals surface area contributed by atoms with Crippen molar-refractivity contribution in [3.63, 3.8) is 0 Å². The van der Waals surface area contributed by atoms with Crippen molar-refractivity contribution >= 4 is 24.5 Å². The van der Waals surface area contributed by atoms with Crippen LogP contribution in [-0.4, -0.2) is 84.4 Å². The van der Waals surface area contributed by atoms with Crippen molar-refractivity contribution in [3.8, 4) is 11.5 Å². The topological polar surface area (TPSA) is 187 Å². The van der Waals surface area contributed by atoms with E-state index in [-0.39, 0.29) is 107 Å². The van der Waals surface area contributed by atoms with E-state index in [1.165, 1.54) is 13.1 Å². The van der Waals surface area contributed by atoms with E-state index in [9.17, 15) is 29.5 Å². The summed E-state index contributed by atoms with van der Waals surface area (Å²) < 4.78 is 11.1. The molecule has 1 saturated heterocycles. The molecule has 2 aliphatic heterocycles. The smallest absolute Gasteiger partial charge is 0.669 e. The third-order valence-electron chi connectivity index (χ3n) is 6.42. The van der Waals surface area contributed by atoms with Crippen molar-refractivity contribution in [1.82, 2.24) is 15.5 Å². The maximum absolute atomic E-state index is 12.3. The van der Waals surface area contributed by atoms with Crippen LogP contribution in [0.4, 0.5) is 0 Å². The molecule has 12 nitrogen and oxygen atoms in total. The fourth-order valence-electron chi connectivity index (χ4n) is 4.50. The van der Waals surface area contributed by atoms with E-state index in [4.69, 9.17) is 15.1 Å². The number of nitrogens with two attached hydrogens (primary N) is 1. The molecule has 4 rings (SSSR count). The molecule has 2 amide bonds. The number of rotatable bonds is 8. The normalized spacial score (nSPS) is 23.3. The quantitative estimate of drug-likeness (QED) is 0.211. The van der Waals surface area contributed by atoms with Crippen LogP contribution in [0.5, 0.6) is 11.5 Å². The van der Waals surface area contributed by atoms with Crippen LogP contribution in [0, 0.1) is 0 Å². The van der Waals surface area contributed by atoms with Crippen molar-refractivity contribution in [2.24, 2.45) is 5.73 Å². The molecule has 35 heavy (non-hydrogen) atoms. The van der Waals surface area contributed by atoms with Gasteiger partial charge in [0, 0.05) is 26.7 Å². The van der Waals surface area contributed by atoms with Gasteiger partial charge in [0.15, 0.2) is 0 Å². The van der Waals surface area contributed by atoms with Gasteiger partial charge in [-0.15, -0.1) is 0 Å². The first-order chi connectivity index (χ1) is 15.4. The zero-order valence-electron chi connectivity index (χ0n) is 20.4. The van der Waals surface area contributed by atoms with Crippen LogP contribution in [0.15, 0.2) is 12.1 Å². The Morgan fingerprint density at radius 2 is 1.97 bits per heavy atom. The Balaban J connectivity index is 0.00000216. The summed E-state index contributed by atoms with van der Waals surface area (Å²) in [6, 6.07) is 3.21. The minimum Gasteiger partial charge on any atom is -0.669 e. The molecular weight excluding hydrogens is 481 g/mol. The van der Waals surface area contributed by atoms with E-state index in [0.717, 1.165) is 0 Å². The Hall–Kier alpha value is -0.865. The van der Waals surface area contributed by atoms with Gasteiger partial charge in [0.25, 0.3) is 0 Å². The van der Waals surface area contributed by atoms with Gasteiger partial charge in [-0.3, -0.25) is 14.5 Å². The van der Waals surface area contributed by atoms with Crippen LogP contribution in [0.25, 0.3) is 0 Å². The van der Waals surface area contributed by atoms with Gasteiger partial charge in [-0.2, -0.15) is 0 Å². The molecule has 1 saturated carbocycles. The van der Waals surface area contributed by atoms with E-state index in [1.54, 1.807) is 13.0 Å². The molecule has 1 aromatic carbocycles. The summed E-state index contributed by atoms with van der Waals surface area (Å²) in [6.07, 6.45) is 0.139. The number of nitrogens with zero attached hydrogens (tertiary/aromatic N) is 1. The van der Waals surface area contributed by atoms with E-state index < -0.39 is 30.0 Å². The summed E-state index contributed by atoms with van der Waals surface area (Å²) in [7, 11) is 1.46. The van der Waals surface area contributed by atoms with E-state index in [1.807, 2.05) is 4.90 Å². The molecule has 3 atom stereocenters. The number of likely N-dealkylation sites (tertiary alicyclic amines) is 1. The largest absolute Gasteiger partial charge is 1.00 e. The number of amides is 2. The summed E-state index contributed by atoms with van der Waals surface area (Å²) in [5, 5.41) is 36.9. The van der Waals surface area contributed by atoms with E-state index in [0.29, 0.717) is 25.1 Å². The Kier molecular flexibility index (Phi) is 9.76. The van der Waals surface area contributed by atoms with Crippen molar-refractivity contribution in [2.45, 2.75) is 36.7 Å². The molecule has 0 unspecified atom stereocenters. The number of carboxylic acids is 1. The van der Waals surface area contributed by atoms with Gasteiger partial charge in [0.1, 0.15) is 17.4 Å². The minimum atomic E-state index is -3.14. The van der Waals surface area contributed by atoms with Gasteiger partial charge in [0.05, 0.1) is 23.8 Å². The summed E-state index contributed by atoms with van der Waals surface area (Å²) in [4.78, 5) is 37.3. The average Bonchev–Trinajstić information content (AvgIpc) is 3.51. The molecule has 180 valence electrons. The number of nitrogens with one attached hydrogen (secondary N) is 2. The molecule has 1 aliphatic carbocycles. The third-order valence-corrected chi connectivity index (χ3v) is 6.42. The standard InChI is InChI=1S/C20H28BN4O8.2Na/c1-20(22,19(29)24-6-15(26)23-2)9-25-7-10(8-25)32-14-4-3-11-12-5-13(12)21(30,31)33-17(11)16(14)18(27)28;;/h3-4,10,12-13,30-31H,5-9,22H2,1-2H3,(H,23,26)(H,24,29)(H,27,28);;/q-1;2*+1/p-1/t12-,13-,20+;;/m0../s1. The SMILES string of the molecule is CNC(=O)CNC(=O)[C@](C)(N)CN1CC(Oc2ccc3c(c2C(=O)[O-])O[B-](O)(O)[C@H]2C[C@@H]32)C1.[Na+].[Na+]. The molecule has 0 aromatic heterocycles. The first-order valence-electron chi connectivity index (χ1n) is 10.8. The predicted molar refractivity (Wildman–Crippen MR) is 113 cm³/mol. The summed E-state index contributed by atoms with van der Waals surface area (Å²) in [6.45, 7) is -0.780. The summed E-state index contributed by atoms with van der Waals surface area (Å²) in [5.41, 5.74) is 5.11. The second-order valence-corrected chi connectivity index (χ2v) is 9.24. The van der Waals surface area contributed by atoms with Crippen molar-refractivity contribution in [2.75, 3.05) is 33.2 Å². The van der Waals surface area contributed by atoms with Crippen LogP contribution in [0.3, 0.4) is 0 Å². The number of carbonyl (C=O) groups excluding carboxylic acids is 3. The molecule has 2 heterocycles. The number of carboxylic acid groups (broad SMARTS) is 1. The van der Waals surface area contributed by atoms with Crippen LogP contribution in [0.1, 0.15) is 35.2 Å². The van der Waals surface area contributed by atoms with Gasteiger partial charge in [-0.25, -0.2) is 0 Å². The number of ether oxygens (including phenoxy) is 1. The first-order valence-corrected chi connectivity index (χ1v) is 10.8. The number of likely N-dealkylation sites (N-methyl/N-ethyl adjacent to an activating group) is 1. The Morgan fingerprint density at radius 3 is 2.57 bits per heavy atom.